The highest BCUT2D eigenvalue weighted by Gasteiger charge is 2.27. The van der Waals surface area contributed by atoms with Crippen LogP contribution >= 0.6 is 0 Å². The summed E-state index contributed by atoms with van der Waals surface area (Å²) in [6, 6.07) is 12.0. The molecule has 0 saturated heterocycles. The standard InChI is InChI=1S/C22H24N4O2/c23-22(27)18-6-1-4-16(14-18)15-26(12-9-20-24-11-13-28-20)19-8-2-5-17-7-3-10-25-21(17)19/h1,3-4,6-7,10-11,13-14,19H,2,5,8-9,12,15H2,(H2,23,27). The van der Waals surface area contributed by atoms with Gasteiger partial charge in [0.25, 0.3) is 0 Å². The molecular weight excluding hydrogens is 352 g/mol. The van der Waals surface area contributed by atoms with Crippen molar-refractivity contribution in [2.45, 2.75) is 38.3 Å². The van der Waals surface area contributed by atoms with E-state index in [4.69, 9.17) is 15.1 Å². The number of oxazole rings is 1. The van der Waals surface area contributed by atoms with E-state index in [-0.39, 0.29) is 6.04 Å². The lowest BCUT2D eigenvalue weighted by Crippen LogP contribution is -2.33. The van der Waals surface area contributed by atoms with Crippen LogP contribution in [0.2, 0.25) is 0 Å². The van der Waals surface area contributed by atoms with Crippen LogP contribution < -0.4 is 5.73 Å². The minimum Gasteiger partial charge on any atom is -0.449 e. The van der Waals surface area contributed by atoms with Gasteiger partial charge in [-0.25, -0.2) is 4.98 Å². The summed E-state index contributed by atoms with van der Waals surface area (Å²) < 4.78 is 5.43. The quantitative estimate of drug-likeness (QED) is 0.684. The van der Waals surface area contributed by atoms with Gasteiger partial charge in [-0.15, -0.1) is 0 Å². The lowest BCUT2D eigenvalue weighted by atomic mass is 9.90. The van der Waals surface area contributed by atoms with Crippen LogP contribution in [-0.2, 0) is 19.4 Å². The minimum absolute atomic E-state index is 0.233. The lowest BCUT2D eigenvalue weighted by molar-refractivity contribution is 0.1000. The zero-order valence-electron chi connectivity index (χ0n) is 15.8. The Morgan fingerprint density at radius 1 is 1.21 bits per heavy atom. The predicted molar refractivity (Wildman–Crippen MR) is 105 cm³/mol. The Balaban J connectivity index is 1.61. The molecule has 2 aromatic heterocycles. The van der Waals surface area contributed by atoms with Crippen molar-refractivity contribution in [3.8, 4) is 0 Å². The van der Waals surface area contributed by atoms with Gasteiger partial charge in [0.15, 0.2) is 5.89 Å². The third kappa shape index (κ3) is 4.12. The number of fused-ring (bicyclic) bond motifs is 1. The van der Waals surface area contributed by atoms with E-state index in [9.17, 15) is 4.79 Å². The van der Waals surface area contributed by atoms with Gasteiger partial charge in [-0.2, -0.15) is 0 Å². The van der Waals surface area contributed by atoms with E-state index in [1.165, 1.54) is 5.56 Å². The molecule has 0 bridgehead atoms. The third-order valence-electron chi connectivity index (χ3n) is 5.30. The Labute approximate surface area is 164 Å². The number of aryl methyl sites for hydroxylation is 1. The Morgan fingerprint density at radius 2 is 2.14 bits per heavy atom. The van der Waals surface area contributed by atoms with Crippen molar-refractivity contribution in [2.75, 3.05) is 6.54 Å². The van der Waals surface area contributed by atoms with Gasteiger partial charge in [0.2, 0.25) is 5.91 Å². The van der Waals surface area contributed by atoms with E-state index in [0.29, 0.717) is 12.1 Å². The van der Waals surface area contributed by atoms with Crippen molar-refractivity contribution in [2.24, 2.45) is 5.73 Å². The monoisotopic (exact) mass is 376 g/mol. The van der Waals surface area contributed by atoms with Gasteiger partial charge in [0, 0.05) is 31.3 Å². The number of rotatable bonds is 7. The van der Waals surface area contributed by atoms with E-state index in [1.807, 2.05) is 30.5 Å². The smallest absolute Gasteiger partial charge is 0.248 e. The second kappa shape index (κ2) is 8.35. The summed E-state index contributed by atoms with van der Waals surface area (Å²) in [5, 5.41) is 0. The van der Waals surface area contributed by atoms with Gasteiger partial charge < -0.3 is 10.2 Å². The molecule has 1 aliphatic carbocycles. The van der Waals surface area contributed by atoms with Crippen molar-refractivity contribution in [3.05, 3.63) is 83.3 Å². The molecule has 3 aromatic rings. The van der Waals surface area contributed by atoms with E-state index in [1.54, 1.807) is 18.5 Å². The molecule has 2 heterocycles. The normalized spacial score (nSPS) is 16.1. The number of carbonyl (C=O) groups excluding carboxylic acids is 1. The van der Waals surface area contributed by atoms with Crippen LogP contribution in [0.5, 0.6) is 0 Å². The number of pyridine rings is 1. The molecule has 2 N–H and O–H groups in total. The van der Waals surface area contributed by atoms with E-state index in [0.717, 1.165) is 49.4 Å². The highest BCUT2D eigenvalue weighted by Crippen LogP contribution is 2.33. The molecule has 6 heteroatoms. The minimum atomic E-state index is -0.405. The molecule has 0 spiro atoms. The predicted octanol–water partition coefficient (Wildman–Crippen LogP) is 3.29. The maximum Gasteiger partial charge on any atom is 0.248 e. The molecule has 4 rings (SSSR count). The van der Waals surface area contributed by atoms with Crippen molar-refractivity contribution >= 4 is 5.91 Å². The van der Waals surface area contributed by atoms with Crippen molar-refractivity contribution in [1.29, 1.82) is 0 Å². The third-order valence-corrected chi connectivity index (χ3v) is 5.30. The molecule has 1 unspecified atom stereocenters. The largest absolute Gasteiger partial charge is 0.449 e. The Hall–Kier alpha value is -2.99. The summed E-state index contributed by atoms with van der Waals surface area (Å²) >= 11 is 0. The molecule has 28 heavy (non-hydrogen) atoms. The number of nitrogens with two attached hydrogens (primary N) is 1. The summed E-state index contributed by atoms with van der Waals surface area (Å²) in [6.45, 7) is 1.50. The van der Waals surface area contributed by atoms with Crippen LogP contribution in [0.4, 0.5) is 0 Å². The first kappa shape index (κ1) is 18.4. The Kier molecular flexibility index (Phi) is 5.48. The second-order valence-electron chi connectivity index (χ2n) is 7.17. The number of primary amides is 1. The van der Waals surface area contributed by atoms with E-state index >= 15 is 0 Å². The van der Waals surface area contributed by atoms with Gasteiger partial charge >= 0.3 is 0 Å². The maximum absolute atomic E-state index is 11.6. The number of aromatic nitrogens is 2. The molecule has 1 aromatic carbocycles. The van der Waals surface area contributed by atoms with Crippen molar-refractivity contribution in [3.63, 3.8) is 0 Å². The maximum atomic E-state index is 11.6. The van der Waals surface area contributed by atoms with E-state index < -0.39 is 5.91 Å². The number of hydrogen-bond acceptors (Lipinski definition) is 5. The van der Waals surface area contributed by atoms with Gasteiger partial charge in [-0.3, -0.25) is 14.7 Å². The van der Waals surface area contributed by atoms with Crippen molar-refractivity contribution < 1.29 is 9.21 Å². The fraction of sp³-hybridized carbons (Fsp3) is 0.318. The van der Waals surface area contributed by atoms with Gasteiger partial charge in [-0.05, 0) is 48.6 Å². The van der Waals surface area contributed by atoms with Crippen LogP contribution in [0.3, 0.4) is 0 Å². The first-order valence-corrected chi connectivity index (χ1v) is 9.65. The number of benzene rings is 1. The number of carbonyl (C=O) groups is 1. The molecular formula is C22H24N4O2. The zero-order valence-corrected chi connectivity index (χ0v) is 15.8. The molecule has 1 atom stereocenters. The molecule has 0 fully saturated rings. The molecule has 144 valence electrons. The summed E-state index contributed by atoms with van der Waals surface area (Å²) in [5.41, 5.74) is 9.54. The molecule has 1 aliphatic rings. The number of amides is 1. The summed E-state index contributed by atoms with van der Waals surface area (Å²) in [7, 11) is 0. The average molecular weight is 376 g/mol. The molecule has 0 radical (unpaired) electrons. The summed E-state index contributed by atoms with van der Waals surface area (Å²) in [6.07, 6.45) is 9.15. The SMILES string of the molecule is NC(=O)c1cccc(CN(CCc2ncco2)C2CCCc3cccnc32)c1. The van der Waals surface area contributed by atoms with Crippen LogP contribution in [0.1, 0.15) is 52.0 Å². The Bertz CT molecular complexity index is 939. The fourth-order valence-electron chi connectivity index (χ4n) is 3.96. The molecule has 0 aliphatic heterocycles. The van der Waals surface area contributed by atoms with E-state index in [2.05, 4.69) is 16.0 Å². The first-order valence-electron chi connectivity index (χ1n) is 9.65. The highest BCUT2D eigenvalue weighted by atomic mass is 16.3. The fourth-order valence-corrected chi connectivity index (χ4v) is 3.96. The van der Waals surface area contributed by atoms with Gasteiger partial charge in [0.1, 0.15) is 6.26 Å². The average Bonchev–Trinajstić information content (AvgIpc) is 3.24. The van der Waals surface area contributed by atoms with Crippen molar-refractivity contribution in [1.82, 2.24) is 14.9 Å². The van der Waals surface area contributed by atoms with Gasteiger partial charge in [-0.1, -0.05) is 18.2 Å². The number of nitrogens with zero attached hydrogens (tertiary/aromatic N) is 3. The number of hydrogen-bond donors (Lipinski definition) is 1. The van der Waals surface area contributed by atoms with Crippen LogP contribution in [-0.4, -0.2) is 27.3 Å². The Morgan fingerprint density at radius 3 is 2.96 bits per heavy atom. The highest BCUT2D eigenvalue weighted by molar-refractivity contribution is 5.92. The second-order valence-corrected chi connectivity index (χ2v) is 7.17. The van der Waals surface area contributed by atoms with Crippen LogP contribution in [0.15, 0.2) is 59.5 Å². The lowest BCUT2D eigenvalue weighted by Gasteiger charge is -2.35. The molecule has 0 saturated carbocycles. The summed E-state index contributed by atoms with van der Waals surface area (Å²) in [5.74, 6) is 0.325. The van der Waals surface area contributed by atoms with Crippen LogP contribution in [0, 0.1) is 0 Å². The first-order chi connectivity index (χ1) is 13.7. The van der Waals surface area contributed by atoms with Gasteiger partial charge in [0.05, 0.1) is 17.9 Å². The molecule has 1 amide bonds. The molecule has 6 nitrogen and oxygen atoms in total. The zero-order chi connectivity index (χ0) is 19.3. The summed E-state index contributed by atoms with van der Waals surface area (Å²) in [4.78, 5) is 22.9. The van der Waals surface area contributed by atoms with Crippen LogP contribution in [0.25, 0.3) is 0 Å². The topological polar surface area (TPSA) is 85.3 Å².